The summed E-state index contributed by atoms with van der Waals surface area (Å²) in [6, 6.07) is 2.16. The van der Waals surface area contributed by atoms with Crippen LogP contribution >= 0.6 is 15.9 Å². The van der Waals surface area contributed by atoms with Crippen LogP contribution in [0.4, 0.5) is 8.78 Å². The minimum atomic E-state index is -1.05. The van der Waals surface area contributed by atoms with Crippen molar-refractivity contribution in [2.45, 2.75) is 32.8 Å². The van der Waals surface area contributed by atoms with Gasteiger partial charge in [-0.25, -0.2) is 8.78 Å². The van der Waals surface area contributed by atoms with Crippen LogP contribution in [0.25, 0.3) is 0 Å². The summed E-state index contributed by atoms with van der Waals surface area (Å²) in [5, 5.41) is 14.6. The Balaban J connectivity index is 2.32. The van der Waals surface area contributed by atoms with Crippen molar-refractivity contribution in [3.8, 4) is 0 Å². The number of nitrogens with zero attached hydrogens (tertiary/aromatic N) is 2. The second-order valence-electron chi connectivity index (χ2n) is 5.03. The highest BCUT2D eigenvalue weighted by Gasteiger charge is 2.20. The van der Waals surface area contributed by atoms with Crippen molar-refractivity contribution in [2.75, 3.05) is 0 Å². The number of hydrogen-bond donors (Lipinski definition) is 1. The van der Waals surface area contributed by atoms with E-state index in [0.717, 1.165) is 28.3 Å². The van der Waals surface area contributed by atoms with Crippen molar-refractivity contribution in [3.63, 3.8) is 0 Å². The van der Waals surface area contributed by atoms with Crippen LogP contribution in [0.2, 0.25) is 0 Å². The van der Waals surface area contributed by atoms with E-state index in [9.17, 15) is 13.9 Å². The molecule has 2 rings (SSSR count). The molecule has 0 aliphatic carbocycles. The zero-order chi connectivity index (χ0) is 15.7. The molecular formula is C15H17BrF2N2O. The van der Waals surface area contributed by atoms with Gasteiger partial charge in [-0.2, -0.15) is 5.10 Å². The van der Waals surface area contributed by atoms with Gasteiger partial charge in [-0.1, -0.05) is 6.92 Å². The fourth-order valence-electron chi connectivity index (χ4n) is 2.27. The van der Waals surface area contributed by atoms with Crippen molar-refractivity contribution in [3.05, 3.63) is 50.8 Å². The number of hydrogen-bond acceptors (Lipinski definition) is 2. The molecule has 1 atom stereocenters. The minimum absolute atomic E-state index is 0.0973. The average molecular weight is 359 g/mol. The van der Waals surface area contributed by atoms with Crippen LogP contribution in [0.5, 0.6) is 0 Å². The number of aliphatic hydroxyl groups is 1. The van der Waals surface area contributed by atoms with Gasteiger partial charge in [0.1, 0.15) is 11.6 Å². The van der Waals surface area contributed by atoms with Gasteiger partial charge >= 0.3 is 0 Å². The third-order valence-electron chi connectivity index (χ3n) is 3.53. The standard InChI is InChI=1S/C15H17BrF2N2O/c1-4-12-15(16)13(20(3)19-12)7-14(21)9-5-8(2)10(17)6-11(9)18/h5-6,14,21H,4,7H2,1-3H3. The van der Waals surface area contributed by atoms with Crippen molar-refractivity contribution in [1.82, 2.24) is 9.78 Å². The molecule has 1 N–H and O–H groups in total. The monoisotopic (exact) mass is 358 g/mol. The van der Waals surface area contributed by atoms with Crippen LogP contribution in [0, 0.1) is 18.6 Å². The number of aliphatic hydroxyl groups excluding tert-OH is 1. The molecule has 0 bridgehead atoms. The van der Waals surface area contributed by atoms with Crippen LogP contribution in [0.3, 0.4) is 0 Å². The Kier molecular flexibility index (Phi) is 4.78. The molecule has 1 aromatic carbocycles. The first-order valence-corrected chi connectivity index (χ1v) is 7.48. The molecule has 3 nitrogen and oxygen atoms in total. The zero-order valence-electron chi connectivity index (χ0n) is 12.1. The third kappa shape index (κ3) is 3.16. The molecule has 0 fully saturated rings. The molecule has 0 radical (unpaired) electrons. The van der Waals surface area contributed by atoms with E-state index >= 15 is 0 Å². The highest BCUT2D eigenvalue weighted by Crippen LogP contribution is 2.28. The fraction of sp³-hybridized carbons (Fsp3) is 0.400. The summed E-state index contributed by atoms with van der Waals surface area (Å²) >= 11 is 3.46. The Labute approximate surface area is 130 Å². The molecule has 2 aromatic rings. The van der Waals surface area contributed by atoms with Crippen molar-refractivity contribution in [1.29, 1.82) is 0 Å². The van der Waals surface area contributed by atoms with E-state index in [2.05, 4.69) is 21.0 Å². The number of benzene rings is 1. The van der Waals surface area contributed by atoms with Gasteiger partial charge in [0.15, 0.2) is 0 Å². The first kappa shape index (κ1) is 16.1. The lowest BCUT2D eigenvalue weighted by atomic mass is 10.0. The Morgan fingerprint density at radius 2 is 2.00 bits per heavy atom. The Hall–Kier alpha value is -1.27. The second-order valence-corrected chi connectivity index (χ2v) is 5.82. The first-order valence-electron chi connectivity index (χ1n) is 6.69. The van der Waals surface area contributed by atoms with E-state index in [1.165, 1.54) is 6.07 Å². The van der Waals surface area contributed by atoms with Gasteiger partial charge in [-0.05, 0) is 40.9 Å². The van der Waals surface area contributed by atoms with E-state index in [-0.39, 0.29) is 12.0 Å². The van der Waals surface area contributed by atoms with Crippen molar-refractivity contribution < 1.29 is 13.9 Å². The fourth-order valence-corrected chi connectivity index (χ4v) is 3.05. The minimum Gasteiger partial charge on any atom is -0.388 e. The molecule has 21 heavy (non-hydrogen) atoms. The van der Waals surface area contributed by atoms with Gasteiger partial charge in [-0.15, -0.1) is 0 Å². The molecule has 1 unspecified atom stereocenters. The third-order valence-corrected chi connectivity index (χ3v) is 4.44. The molecule has 1 aromatic heterocycles. The maximum absolute atomic E-state index is 13.8. The smallest absolute Gasteiger partial charge is 0.131 e. The summed E-state index contributed by atoms with van der Waals surface area (Å²) in [6.45, 7) is 3.52. The SMILES string of the molecule is CCc1nn(C)c(CC(O)c2cc(C)c(F)cc2F)c1Br. The van der Waals surface area contributed by atoms with Crippen LogP contribution in [0.15, 0.2) is 16.6 Å². The molecular weight excluding hydrogens is 342 g/mol. The molecule has 0 aliphatic heterocycles. The molecule has 0 saturated carbocycles. The van der Waals surface area contributed by atoms with Gasteiger partial charge in [0.2, 0.25) is 0 Å². The number of rotatable bonds is 4. The quantitative estimate of drug-likeness (QED) is 0.906. The summed E-state index contributed by atoms with van der Waals surface area (Å²) in [4.78, 5) is 0. The summed E-state index contributed by atoms with van der Waals surface area (Å²) in [5.41, 5.74) is 2.07. The molecule has 0 aliphatic rings. The Morgan fingerprint density at radius 1 is 1.33 bits per heavy atom. The van der Waals surface area contributed by atoms with Gasteiger partial charge in [-0.3, -0.25) is 4.68 Å². The Bertz CT molecular complexity index is 670. The summed E-state index contributed by atoms with van der Waals surface area (Å²) in [6.07, 6.45) is -0.0960. The lowest BCUT2D eigenvalue weighted by Gasteiger charge is -2.14. The number of halogens is 3. The predicted octanol–water partition coefficient (Wildman–Crippen LogP) is 3.61. The van der Waals surface area contributed by atoms with E-state index in [4.69, 9.17) is 0 Å². The van der Waals surface area contributed by atoms with E-state index < -0.39 is 17.7 Å². The lowest BCUT2D eigenvalue weighted by molar-refractivity contribution is 0.170. The summed E-state index contributed by atoms with van der Waals surface area (Å²) in [7, 11) is 1.78. The molecule has 1 heterocycles. The number of aromatic nitrogens is 2. The van der Waals surface area contributed by atoms with Crippen molar-refractivity contribution in [2.24, 2.45) is 7.05 Å². The highest BCUT2D eigenvalue weighted by atomic mass is 79.9. The van der Waals surface area contributed by atoms with Crippen molar-refractivity contribution >= 4 is 15.9 Å². The van der Waals surface area contributed by atoms with E-state index in [0.29, 0.717) is 5.56 Å². The van der Waals surface area contributed by atoms with E-state index in [1.807, 2.05) is 6.92 Å². The topological polar surface area (TPSA) is 38.0 Å². The molecule has 0 spiro atoms. The molecule has 6 heteroatoms. The van der Waals surface area contributed by atoms with Gasteiger partial charge < -0.3 is 5.11 Å². The second kappa shape index (κ2) is 6.23. The van der Waals surface area contributed by atoms with Crippen LogP contribution in [-0.4, -0.2) is 14.9 Å². The van der Waals surface area contributed by atoms with Gasteiger partial charge in [0.05, 0.1) is 22.0 Å². The normalized spacial score (nSPS) is 12.7. The highest BCUT2D eigenvalue weighted by molar-refractivity contribution is 9.10. The summed E-state index contributed by atoms with van der Waals surface area (Å²) in [5.74, 6) is -1.35. The van der Waals surface area contributed by atoms with Crippen LogP contribution in [0.1, 0.15) is 35.5 Å². The largest absolute Gasteiger partial charge is 0.388 e. The molecule has 0 amide bonds. The number of aryl methyl sites for hydroxylation is 3. The average Bonchev–Trinajstić information content (AvgIpc) is 2.70. The predicted molar refractivity (Wildman–Crippen MR) is 80.0 cm³/mol. The van der Waals surface area contributed by atoms with Crippen LogP contribution in [-0.2, 0) is 19.9 Å². The molecule has 114 valence electrons. The first-order chi connectivity index (χ1) is 9.85. The summed E-state index contributed by atoms with van der Waals surface area (Å²) < 4.78 is 29.6. The lowest BCUT2D eigenvalue weighted by Crippen LogP contribution is -2.09. The van der Waals surface area contributed by atoms with E-state index in [1.54, 1.807) is 18.7 Å². The maximum Gasteiger partial charge on any atom is 0.131 e. The maximum atomic E-state index is 13.8. The van der Waals surface area contributed by atoms with Crippen LogP contribution < -0.4 is 0 Å². The van der Waals surface area contributed by atoms with Gasteiger partial charge in [0.25, 0.3) is 0 Å². The zero-order valence-corrected chi connectivity index (χ0v) is 13.7. The Morgan fingerprint density at radius 3 is 2.57 bits per heavy atom. The molecule has 0 saturated heterocycles. The van der Waals surface area contributed by atoms with Gasteiger partial charge in [0, 0.05) is 25.1 Å².